The first kappa shape index (κ1) is 22.7. The molecule has 0 aliphatic carbocycles. The van der Waals surface area contributed by atoms with Crippen molar-refractivity contribution in [2.75, 3.05) is 19.8 Å². The lowest BCUT2D eigenvalue weighted by Crippen LogP contribution is -2.24. The van der Waals surface area contributed by atoms with Crippen LogP contribution in [0.15, 0.2) is 60.7 Å². The fraction of sp³-hybridized carbons (Fsp3) is 0.409. The number of carbonyl (C=O) groups is 1. The van der Waals surface area contributed by atoms with E-state index < -0.39 is 12.1 Å². The maximum atomic E-state index is 11.8. The lowest BCUT2D eigenvalue weighted by Gasteiger charge is -2.11. The van der Waals surface area contributed by atoms with Crippen LogP contribution in [0.5, 0.6) is 5.75 Å². The van der Waals surface area contributed by atoms with E-state index in [2.05, 4.69) is 19.1 Å². The average molecular weight is 374 g/mol. The highest BCUT2D eigenvalue weighted by Crippen LogP contribution is 2.10. The van der Waals surface area contributed by atoms with Crippen molar-refractivity contribution in [2.45, 2.75) is 38.7 Å². The van der Waals surface area contributed by atoms with E-state index >= 15 is 0 Å². The molecule has 0 amide bonds. The Morgan fingerprint density at radius 1 is 1.04 bits per heavy atom. The van der Waals surface area contributed by atoms with E-state index in [0.717, 1.165) is 25.7 Å². The van der Waals surface area contributed by atoms with Gasteiger partial charge in [-0.15, -0.1) is 0 Å². The molecule has 0 heterocycles. The van der Waals surface area contributed by atoms with Crippen LogP contribution in [-0.2, 0) is 9.47 Å². The minimum Gasteiger partial charge on any atom is -0.508 e. The van der Waals surface area contributed by atoms with Crippen LogP contribution in [-0.4, -0.2) is 42.1 Å². The van der Waals surface area contributed by atoms with Gasteiger partial charge in [-0.1, -0.05) is 49.8 Å². The predicted octanol–water partition coefficient (Wildman–Crippen LogP) is 4.18. The minimum atomic E-state index is -0.862. The zero-order chi connectivity index (χ0) is 19.7. The van der Waals surface area contributed by atoms with Gasteiger partial charge < -0.3 is 19.7 Å². The van der Waals surface area contributed by atoms with Gasteiger partial charge in [-0.25, -0.2) is 4.79 Å². The van der Waals surface area contributed by atoms with Crippen molar-refractivity contribution >= 4 is 5.97 Å². The molecule has 5 heteroatoms. The van der Waals surface area contributed by atoms with Gasteiger partial charge in [0, 0.05) is 6.61 Å². The second-order valence-electron chi connectivity index (χ2n) is 6.05. The Labute approximate surface area is 161 Å². The summed E-state index contributed by atoms with van der Waals surface area (Å²) in [6.45, 7) is 2.68. The zero-order valence-corrected chi connectivity index (χ0v) is 15.9. The number of hydrogen-bond donors (Lipinski definition) is 2. The van der Waals surface area contributed by atoms with E-state index in [-0.39, 0.29) is 19.0 Å². The first-order valence-corrected chi connectivity index (χ1v) is 9.33. The highest BCUT2D eigenvalue weighted by Gasteiger charge is 2.11. The summed E-state index contributed by atoms with van der Waals surface area (Å²) in [7, 11) is 0. The molecular formula is C22H30O5. The maximum absolute atomic E-state index is 11.8. The van der Waals surface area contributed by atoms with Crippen molar-refractivity contribution in [2.24, 2.45) is 0 Å². The molecule has 5 nitrogen and oxygen atoms in total. The molecule has 0 bridgehead atoms. The number of unbranched alkanes of at least 4 members (excludes halogenated alkanes) is 2. The van der Waals surface area contributed by atoms with Crippen LogP contribution < -0.4 is 0 Å². The quantitative estimate of drug-likeness (QED) is 0.308. The largest absolute Gasteiger partial charge is 0.508 e. The Hall–Kier alpha value is -2.37. The average Bonchev–Trinajstić information content (AvgIpc) is 2.67. The molecule has 0 radical (unpaired) electrons. The van der Waals surface area contributed by atoms with E-state index in [0.29, 0.717) is 12.2 Å². The Balaban J connectivity index is 2.04. The lowest BCUT2D eigenvalue weighted by atomic mass is 10.2. The number of aliphatic hydroxyl groups is 1. The molecule has 148 valence electrons. The van der Waals surface area contributed by atoms with Crippen LogP contribution >= 0.6 is 0 Å². The van der Waals surface area contributed by atoms with Crippen molar-refractivity contribution in [3.63, 3.8) is 0 Å². The third kappa shape index (κ3) is 11.8. The fourth-order valence-corrected chi connectivity index (χ4v) is 2.07. The van der Waals surface area contributed by atoms with Crippen LogP contribution in [0.3, 0.4) is 0 Å². The summed E-state index contributed by atoms with van der Waals surface area (Å²) in [6, 6.07) is 5.74. The Bertz CT molecular complexity index is 602. The standard InChI is InChI=1S/C22H30O5/c1-2-3-4-5-6-7-8-9-10-11-16-26-17-21(24)18-27-22(25)19-12-14-20(23)15-13-19/h4-9,12-15,21,23-24H,2-3,10-11,16-18H2,1H3/b5-4+,7-6-,9-8+. The molecule has 0 fully saturated rings. The summed E-state index contributed by atoms with van der Waals surface area (Å²) in [6.07, 6.45) is 15.4. The zero-order valence-electron chi connectivity index (χ0n) is 15.9. The molecule has 1 aromatic carbocycles. The molecule has 0 aromatic heterocycles. The third-order valence-electron chi connectivity index (χ3n) is 3.54. The summed E-state index contributed by atoms with van der Waals surface area (Å²) in [5.41, 5.74) is 0.322. The second kappa shape index (κ2) is 14.8. The van der Waals surface area contributed by atoms with E-state index in [1.54, 1.807) is 0 Å². The summed E-state index contributed by atoms with van der Waals surface area (Å²) < 4.78 is 10.4. The molecule has 1 unspecified atom stereocenters. The molecule has 1 atom stereocenters. The summed E-state index contributed by atoms with van der Waals surface area (Å²) >= 11 is 0. The number of ether oxygens (including phenoxy) is 2. The smallest absolute Gasteiger partial charge is 0.338 e. The Morgan fingerprint density at radius 3 is 2.37 bits per heavy atom. The van der Waals surface area contributed by atoms with Crippen LogP contribution in [0.4, 0.5) is 0 Å². The number of aromatic hydroxyl groups is 1. The van der Waals surface area contributed by atoms with Crippen LogP contribution in [0.1, 0.15) is 43.0 Å². The normalized spacial score (nSPS) is 13.0. The number of phenols is 1. The maximum Gasteiger partial charge on any atom is 0.338 e. The molecule has 1 aromatic rings. The minimum absolute atomic E-state index is 0.0784. The van der Waals surface area contributed by atoms with Crippen LogP contribution in [0, 0.1) is 0 Å². The van der Waals surface area contributed by atoms with Gasteiger partial charge in [0.15, 0.2) is 0 Å². The van der Waals surface area contributed by atoms with Crippen molar-refractivity contribution in [3.8, 4) is 5.75 Å². The summed E-state index contributed by atoms with van der Waals surface area (Å²) in [5, 5.41) is 19.0. The van der Waals surface area contributed by atoms with Gasteiger partial charge in [0.2, 0.25) is 0 Å². The van der Waals surface area contributed by atoms with Crippen LogP contribution in [0.2, 0.25) is 0 Å². The van der Waals surface area contributed by atoms with E-state index in [1.807, 2.05) is 24.3 Å². The molecule has 1 rings (SSSR count). The van der Waals surface area contributed by atoms with E-state index in [1.165, 1.54) is 24.3 Å². The Kier molecular flexibility index (Phi) is 12.4. The van der Waals surface area contributed by atoms with Gasteiger partial charge in [0.1, 0.15) is 18.5 Å². The molecular weight excluding hydrogens is 344 g/mol. The topological polar surface area (TPSA) is 76.0 Å². The van der Waals surface area contributed by atoms with Gasteiger partial charge in [0.25, 0.3) is 0 Å². The lowest BCUT2D eigenvalue weighted by molar-refractivity contribution is -0.0111. The Morgan fingerprint density at radius 2 is 1.70 bits per heavy atom. The van der Waals surface area contributed by atoms with E-state index in [9.17, 15) is 15.0 Å². The molecule has 27 heavy (non-hydrogen) atoms. The molecule has 0 aliphatic rings. The van der Waals surface area contributed by atoms with E-state index in [4.69, 9.17) is 9.47 Å². The highest BCUT2D eigenvalue weighted by molar-refractivity contribution is 5.89. The molecule has 0 aliphatic heterocycles. The molecule has 0 saturated heterocycles. The van der Waals surface area contributed by atoms with Crippen molar-refractivity contribution < 1.29 is 24.5 Å². The number of carbonyl (C=O) groups excluding carboxylic acids is 1. The number of aliphatic hydroxyl groups excluding tert-OH is 1. The molecule has 0 spiro atoms. The van der Waals surface area contributed by atoms with Gasteiger partial charge in [-0.05, 0) is 43.5 Å². The van der Waals surface area contributed by atoms with Gasteiger partial charge in [-0.3, -0.25) is 0 Å². The first-order valence-electron chi connectivity index (χ1n) is 9.33. The number of hydrogen-bond acceptors (Lipinski definition) is 5. The van der Waals surface area contributed by atoms with Crippen LogP contribution in [0.25, 0.3) is 0 Å². The number of benzene rings is 1. The van der Waals surface area contributed by atoms with Gasteiger partial charge in [0.05, 0.1) is 12.2 Å². The SMILES string of the molecule is CCC/C=C/C=C\C=C\CCCOCC(O)COC(=O)c1ccc(O)cc1. The first-order chi connectivity index (χ1) is 13.1. The molecule has 2 N–H and O–H groups in total. The van der Waals surface area contributed by atoms with Crippen molar-refractivity contribution in [1.29, 1.82) is 0 Å². The summed E-state index contributed by atoms with van der Waals surface area (Å²) in [4.78, 5) is 11.8. The number of esters is 1. The predicted molar refractivity (Wildman–Crippen MR) is 107 cm³/mol. The highest BCUT2D eigenvalue weighted by atomic mass is 16.5. The van der Waals surface area contributed by atoms with Gasteiger partial charge in [-0.2, -0.15) is 0 Å². The summed E-state index contributed by atoms with van der Waals surface area (Å²) in [5.74, 6) is -0.466. The van der Waals surface area contributed by atoms with Crippen molar-refractivity contribution in [1.82, 2.24) is 0 Å². The van der Waals surface area contributed by atoms with Gasteiger partial charge >= 0.3 is 5.97 Å². The third-order valence-corrected chi connectivity index (χ3v) is 3.54. The number of allylic oxidation sites excluding steroid dienone is 6. The second-order valence-corrected chi connectivity index (χ2v) is 6.05. The number of rotatable bonds is 13. The number of phenolic OH excluding ortho intramolecular Hbond substituents is 1. The van der Waals surface area contributed by atoms with Crippen molar-refractivity contribution in [3.05, 3.63) is 66.3 Å². The fourth-order valence-electron chi connectivity index (χ4n) is 2.07. The monoisotopic (exact) mass is 374 g/mol. The molecule has 0 saturated carbocycles.